The van der Waals surface area contributed by atoms with Gasteiger partial charge in [-0.1, -0.05) is 24.3 Å². The van der Waals surface area contributed by atoms with E-state index in [9.17, 15) is 10.0 Å². The predicted octanol–water partition coefficient (Wildman–Crippen LogP) is -0.328. The molecule has 0 radical (unpaired) electrons. The summed E-state index contributed by atoms with van der Waals surface area (Å²) >= 11 is 0. The first-order chi connectivity index (χ1) is 7.77. The van der Waals surface area contributed by atoms with Crippen molar-refractivity contribution in [1.82, 2.24) is 0 Å². The van der Waals surface area contributed by atoms with Gasteiger partial charge in [0, 0.05) is 6.61 Å². The Morgan fingerprint density at radius 2 is 2.19 bits per heavy atom. The van der Waals surface area contributed by atoms with Crippen molar-refractivity contribution in [2.24, 2.45) is 0 Å². The Balaban J connectivity index is 1.97. The van der Waals surface area contributed by atoms with Gasteiger partial charge in [0.2, 0.25) is 0 Å². The molecule has 1 fully saturated rings. The highest BCUT2D eigenvalue weighted by Crippen LogP contribution is 2.10. The fourth-order valence-electron chi connectivity index (χ4n) is 1.77. The lowest BCUT2D eigenvalue weighted by Gasteiger charge is -2.12. The molecule has 5 heteroatoms. The molecule has 0 aliphatic carbocycles. The molecule has 1 aromatic carbocycles. The molecule has 1 atom stereocenters. The normalized spacial score (nSPS) is 20.0. The van der Waals surface area contributed by atoms with Crippen molar-refractivity contribution < 1.29 is 19.5 Å². The summed E-state index contributed by atoms with van der Waals surface area (Å²) in [5, 5.41) is 18.3. The van der Waals surface area contributed by atoms with E-state index < -0.39 is 7.12 Å². The molecule has 0 aromatic heterocycles. The van der Waals surface area contributed by atoms with E-state index in [2.05, 4.69) is 0 Å². The highest BCUT2D eigenvalue weighted by atomic mass is 16.5. The first-order valence-electron chi connectivity index (χ1n) is 5.40. The lowest BCUT2D eigenvalue weighted by Crippen LogP contribution is -2.33. The van der Waals surface area contributed by atoms with Crippen LogP contribution < -0.4 is 5.46 Å². The predicted molar refractivity (Wildman–Crippen MR) is 60.3 cm³/mol. The number of hydrogen-bond donors (Lipinski definition) is 2. The van der Waals surface area contributed by atoms with Crippen molar-refractivity contribution in [3.8, 4) is 0 Å². The third kappa shape index (κ3) is 2.83. The summed E-state index contributed by atoms with van der Waals surface area (Å²) in [5.74, 6) is 0. The molecular formula is C11H15BO4. The van der Waals surface area contributed by atoms with E-state index >= 15 is 0 Å². The van der Waals surface area contributed by atoms with Crippen molar-refractivity contribution >= 4 is 12.6 Å². The molecule has 0 spiro atoms. The Morgan fingerprint density at radius 3 is 2.88 bits per heavy atom. The highest BCUT2D eigenvalue weighted by Gasteiger charge is 2.19. The minimum atomic E-state index is -1.44. The van der Waals surface area contributed by atoms with Gasteiger partial charge in [0.25, 0.3) is 0 Å². The summed E-state index contributed by atoms with van der Waals surface area (Å²) in [6.45, 7) is 1.76. The zero-order chi connectivity index (χ0) is 11.4. The Kier molecular flexibility index (Phi) is 3.95. The van der Waals surface area contributed by atoms with E-state index in [0.717, 1.165) is 18.6 Å². The monoisotopic (exact) mass is 222 g/mol. The molecule has 2 N–H and O–H groups in total. The summed E-state index contributed by atoms with van der Waals surface area (Å²) in [6, 6.07) is 7.16. The molecule has 0 amide bonds. The first-order valence-corrected chi connectivity index (χ1v) is 5.40. The van der Waals surface area contributed by atoms with Crippen LogP contribution in [0.15, 0.2) is 24.3 Å². The van der Waals surface area contributed by atoms with Crippen LogP contribution in [0.4, 0.5) is 0 Å². The zero-order valence-electron chi connectivity index (χ0n) is 9.00. The minimum absolute atomic E-state index is 0.129. The molecule has 1 aliphatic rings. The zero-order valence-corrected chi connectivity index (χ0v) is 9.00. The van der Waals surface area contributed by atoms with Gasteiger partial charge in [-0.15, -0.1) is 0 Å². The molecule has 0 saturated carbocycles. The molecular weight excluding hydrogens is 207 g/mol. The lowest BCUT2D eigenvalue weighted by atomic mass is 9.77. The molecule has 86 valence electrons. The Hall–Kier alpha value is -0.875. The number of benzene rings is 1. The molecule has 1 heterocycles. The molecule has 16 heavy (non-hydrogen) atoms. The second-order valence-corrected chi connectivity index (χ2v) is 3.87. The summed E-state index contributed by atoms with van der Waals surface area (Å²) in [4.78, 5) is 0. The summed E-state index contributed by atoms with van der Waals surface area (Å²) in [6.07, 6.45) is 1.04. The molecule has 0 bridgehead atoms. The minimum Gasteiger partial charge on any atom is -0.423 e. The average Bonchev–Trinajstić information content (AvgIpc) is 2.79. The van der Waals surface area contributed by atoms with Gasteiger partial charge in [-0.3, -0.25) is 0 Å². The molecule has 2 rings (SSSR count). The van der Waals surface area contributed by atoms with Crippen LogP contribution in [-0.4, -0.2) is 36.5 Å². The maximum atomic E-state index is 9.17. The second-order valence-electron chi connectivity index (χ2n) is 3.87. The first kappa shape index (κ1) is 11.6. The van der Waals surface area contributed by atoms with Crippen molar-refractivity contribution in [3.05, 3.63) is 29.8 Å². The Bertz CT molecular complexity index is 337. The quantitative estimate of drug-likeness (QED) is 0.685. The summed E-state index contributed by atoms with van der Waals surface area (Å²) in [7, 11) is -1.44. The van der Waals surface area contributed by atoms with E-state index in [1.54, 1.807) is 12.1 Å². The largest absolute Gasteiger partial charge is 0.488 e. The Labute approximate surface area is 95.0 Å². The van der Waals surface area contributed by atoms with Crippen LogP contribution in [0, 0.1) is 0 Å². The SMILES string of the molecule is OB(O)c1ccccc1COC1CCOC1. The maximum Gasteiger partial charge on any atom is 0.488 e. The van der Waals surface area contributed by atoms with E-state index in [0.29, 0.717) is 18.7 Å². The third-order valence-corrected chi connectivity index (χ3v) is 2.70. The van der Waals surface area contributed by atoms with Crippen LogP contribution >= 0.6 is 0 Å². The fraction of sp³-hybridized carbons (Fsp3) is 0.455. The van der Waals surface area contributed by atoms with Gasteiger partial charge in [0.05, 0.1) is 19.3 Å². The van der Waals surface area contributed by atoms with Gasteiger partial charge in [-0.25, -0.2) is 0 Å². The topological polar surface area (TPSA) is 58.9 Å². The van der Waals surface area contributed by atoms with Gasteiger partial charge in [-0.2, -0.15) is 0 Å². The summed E-state index contributed by atoms with van der Waals surface area (Å²) in [5.41, 5.74) is 1.31. The van der Waals surface area contributed by atoms with Crippen molar-refractivity contribution in [2.75, 3.05) is 13.2 Å². The maximum absolute atomic E-state index is 9.17. The number of ether oxygens (including phenoxy) is 2. The van der Waals surface area contributed by atoms with Crippen LogP contribution in [0.25, 0.3) is 0 Å². The van der Waals surface area contributed by atoms with Gasteiger partial charge in [0.15, 0.2) is 0 Å². The van der Waals surface area contributed by atoms with Crippen LogP contribution in [-0.2, 0) is 16.1 Å². The van der Waals surface area contributed by atoms with Gasteiger partial charge in [0.1, 0.15) is 0 Å². The molecule has 1 aliphatic heterocycles. The van der Waals surface area contributed by atoms with E-state index in [1.807, 2.05) is 12.1 Å². The molecule has 1 aromatic rings. The average molecular weight is 222 g/mol. The van der Waals surface area contributed by atoms with Crippen LogP contribution in [0.5, 0.6) is 0 Å². The summed E-state index contributed by atoms with van der Waals surface area (Å²) < 4.78 is 10.8. The van der Waals surface area contributed by atoms with Crippen LogP contribution in [0.2, 0.25) is 0 Å². The molecule has 1 saturated heterocycles. The van der Waals surface area contributed by atoms with E-state index in [1.165, 1.54) is 0 Å². The molecule has 4 nitrogen and oxygen atoms in total. The van der Waals surface area contributed by atoms with Gasteiger partial charge < -0.3 is 19.5 Å². The second kappa shape index (κ2) is 5.45. The van der Waals surface area contributed by atoms with Gasteiger partial charge >= 0.3 is 7.12 Å². The third-order valence-electron chi connectivity index (χ3n) is 2.70. The standard InChI is InChI=1S/C11H15BO4/c13-12(14)11-4-2-1-3-9(11)7-16-10-5-6-15-8-10/h1-4,10,13-14H,5-8H2. The van der Waals surface area contributed by atoms with E-state index in [-0.39, 0.29) is 6.10 Å². The highest BCUT2D eigenvalue weighted by molar-refractivity contribution is 6.59. The fourth-order valence-corrected chi connectivity index (χ4v) is 1.77. The number of hydrogen-bond acceptors (Lipinski definition) is 4. The van der Waals surface area contributed by atoms with E-state index in [4.69, 9.17) is 9.47 Å². The van der Waals surface area contributed by atoms with Crippen molar-refractivity contribution in [3.63, 3.8) is 0 Å². The van der Waals surface area contributed by atoms with Crippen LogP contribution in [0.3, 0.4) is 0 Å². The molecule has 1 unspecified atom stereocenters. The smallest absolute Gasteiger partial charge is 0.423 e. The lowest BCUT2D eigenvalue weighted by molar-refractivity contribution is 0.0320. The van der Waals surface area contributed by atoms with Crippen molar-refractivity contribution in [1.29, 1.82) is 0 Å². The number of rotatable bonds is 4. The Morgan fingerprint density at radius 1 is 1.38 bits per heavy atom. The van der Waals surface area contributed by atoms with Crippen LogP contribution in [0.1, 0.15) is 12.0 Å². The van der Waals surface area contributed by atoms with Crippen molar-refractivity contribution in [2.45, 2.75) is 19.1 Å². The van der Waals surface area contributed by atoms with Gasteiger partial charge in [-0.05, 0) is 17.4 Å².